The van der Waals surface area contributed by atoms with E-state index in [1.54, 1.807) is 16.2 Å². The largest absolute Gasteiger partial charge is 0.347 e. The van der Waals surface area contributed by atoms with E-state index in [0.717, 1.165) is 22.1 Å². The van der Waals surface area contributed by atoms with E-state index in [2.05, 4.69) is 37.4 Å². The van der Waals surface area contributed by atoms with Gasteiger partial charge in [-0.05, 0) is 43.5 Å². The van der Waals surface area contributed by atoms with E-state index in [4.69, 9.17) is 11.6 Å². The van der Waals surface area contributed by atoms with Crippen molar-refractivity contribution in [2.24, 2.45) is 0 Å². The molecule has 5 rings (SSSR count). The number of nitrogens with zero attached hydrogens (tertiary/aromatic N) is 1. The summed E-state index contributed by atoms with van der Waals surface area (Å²) >= 11 is 9.83. The fourth-order valence-electron chi connectivity index (χ4n) is 4.27. The van der Waals surface area contributed by atoms with E-state index in [0.29, 0.717) is 29.4 Å². The number of hydrogen-bond acceptors (Lipinski definition) is 4. The number of nitrogens with one attached hydrogen (secondary N) is 1. The van der Waals surface area contributed by atoms with Crippen molar-refractivity contribution in [3.63, 3.8) is 0 Å². The lowest BCUT2D eigenvalue weighted by molar-refractivity contribution is -0.120. The van der Waals surface area contributed by atoms with Gasteiger partial charge in [0, 0.05) is 39.4 Å². The van der Waals surface area contributed by atoms with Crippen LogP contribution in [0, 0.1) is 13.8 Å². The number of rotatable bonds is 2. The van der Waals surface area contributed by atoms with Crippen LogP contribution in [0.4, 0.5) is 0 Å². The van der Waals surface area contributed by atoms with Gasteiger partial charge in [0.25, 0.3) is 5.91 Å². The predicted octanol–water partition coefficient (Wildman–Crippen LogP) is 5.00. The average molecular weight is 431 g/mol. The summed E-state index contributed by atoms with van der Waals surface area (Å²) in [6.45, 7) is 5.39. The number of thiophene rings is 2. The zero-order valence-corrected chi connectivity index (χ0v) is 18.0. The molecule has 2 amide bonds. The molecule has 2 fully saturated rings. The minimum atomic E-state index is -0.211. The second-order valence-corrected chi connectivity index (χ2v) is 10.7. The van der Waals surface area contributed by atoms with Crippen LogP contribution in [0.2, 0.25) is 5.02 Å². The van der Waals surface area contributed by atoms with Crippen LogP contribution in [0.1, 0.15) is 32.3 Å². The monoisotopic (exact) mass is 430 g/mol. The number of carbonyl (C=O) groups excluding carboxylic acids is 2. The number of fused-ring (bicyclic) bond motifs is 1. The first kappa shape index (κ1) is 18.2. The van der Waals surface area contributed by atoms with Crippen LogP contribution >= 0.6 is 34.3 Å². The maximum Gasteiger partial charge on any atom is 0.265 e. The van der Waals surface area contributed by atoms with Gasteiger partial charge in [0.2, 0.25) is 5.91 Å². The minimum absolute atomic E-state index is 0.0397. The first-order valence-corrected chi connectivity index (χ1v) is 11.3. The van der Waals surface area contributed by atoms with Gasteiger partial charge in [-0.25, -0.2) is 0 Å². The molecule has 1 spiro atoms. The van der Waals surface area contributed by atoms with Gasteiger partial charge in [0.15, 0.2) is 0 Å². The number of aryl methyl sites for hydroxylation is 2. The molecule has 28 heavy (non-hydrogen) atoms. The van der Waals surface area contributed by atoms with E-state index >= 15 is 0 Å². The molecular weight excluding hydrogens is 412 g/mol. The van der Waals surface area contributed by atoms with Crippen LogP contribution in [0.3, 0.4) is 0 Å². The summed E-state index contributed by atoms with van der Waals surface area (Å²) in [5.41, 5.74) is 2.18. The van der Waals surface area contributed by atoms with E-state index in [-0.39, 0.29) is 17.4 Å². The van der Waals surface area contributed by atoms with Crippen LogP contribution in [0.15, 0.2) is 24.3 Å². The zero-order chi connectivity index (χ0) is 19.6. The Hall–Kier alpha value is -1.89. The highest BCUT2D eigenvalue weighted by Gasteiger charge is 2.49. The molecule has 3 aromatic rings. The van der Waals surface area contributed by atoms with Crippen molar-refractivity contribution in [3.05, 3.63) is 43.9 Å². The molecule has 4 nitrogen and oxygen atoms in total. The van der Waals surface area contributed by atoms with E-state index < -0.39 is 0 Å². The van der Waals surface area contributed by atoms with Crippen LogP contribution in [0.5, 0.6) is 0 Å². The number of carbonyl (C=O) groups is 2. The molecule has 2 aromatic heterocycles. The van der Waals surface area contributed by atoms with E-state index in [1.165, 1.54) is 26.7 Å². The van der Waals surface area contributed by atoms with Crippen molar-refractivity contribution >= 4 is 56.2 Å². The summed E-state index contributed by atoms with van der Waals surface area (Å²) < 4.78 is 1.03. The molecule has 7 heteroatoms. The van der Waals surface area contributed by atoms with Crippen LogP contribution in [-0.4, -0.2) is 35.3 Å². The van der Waals surface area contributed by atoms with Gasteiger partial charge in [-0.1, -0.05) is 23.7 Å². The fourth-order valence-corrected chi connectivity index (χ4v) is 6.74. The van der Waals surface area contributed by atoms with Gasteiger partial charge in [0.05, 0.1) is 10.6 Å². The topological polar surface area (TPSA) is 49.4 Å². The third-order valence-electron chi connectivity index (χ3n) is 5.69. The molecule has 0 aliphatic carbocycles. The molecule has 0 saturated carbocycles. The summed E-state index contributed by atoms with van der Waals surface area (Å²) in [6, 6.07) is 8.43. The van der Waals surface area contributed by atoms with Crippen molar-refractivity contribution in [2.75, 3.05) is 13.1 Å². The summed E-state index contributed by atoms with van der Waals surface area (Å²) in [5, 5.41) is 4.47. The third kappa shape index (κ3) is 2.78. The summed E-state index contributed by atoms with van der Waals surface area (Å²) in [6.07, 6.45) is 1.36. The third-order valence-corrected chi connectivity index (χ3v) is 8.30. The molecule has 1 aromatic carbocycles. The van der Waals surface area contributed by atoms with Gasteiger partial charge < -0.3 is 10.2 Å². The highest BCUT2D eigenvalue weighted by molar-refractivity contribution is 7.21. The second kappa shape index (κ2) is 6.31. The van der Waals surface area contributed by atoms with Crippen molar-refractivity contribution in [1.29, 1.82) is 0 Å². The Kier molecular flexibility index (Phi) is 4.09. The Morgan fingerprint density at radius 2 is 2.00 bits per heavy atom. The quantitative estimate of drug-likeness (QED) is 0.621. The first-order chi connectivity index (χ1) is 13.3. The minimum Gasteiger partial charge on any atom is -0.347 e. The molecule has 1 N–H and O–H groups in total. The van der Waals surface area contributed by atoms with Crippen LogP contribution in [0.25, 0.3) is 21.2 Å². The number of halogens is 1. The molecule has 2 aliphatic heterocycles. The lowest BCUT2D eigenvalue weighted by Crippen LogP contribution is -2.68. The second-order valence-electron chi connectivity index (χ2n) is 7.77. The van der Waals surface area contributed by atoms with Crippen LogP contribution < -0.4 is 5.32 Å². The Morgan fingerprint density at radius 3 is 2.64 bits per heavy atom. The normalized spacial score (nSPS) is 18.0. The smallest absolute Gasteiger partial charge is 0.265 e. The SMILES string of the molecule is Cc1cc(-c2ccc3c(Cl)c(C(=O)N4CC5(CCC(=O)N5)C4)sc3c2)c(C)s1. The fraction of sp³-hybridized carbons (Fsp3) is 0.333. The van der Waals surface area contributed by atoms with Gasteiger partial charge in [-0.2, -0.15) is 0 Å². The van der Waals surface area contributed by atoms with Gasteiger partial charge in [0.1, 0.15) is 4.88 Å². The lowest BCUT2D eigenvalue weighted by atomic mass is 9.88. The number of benzene rings is 1. The highest BCUT2D eigenvalue weighted by Crippen LogP contribution is 2.41. The Bertz CT molecular complexity index is 1140. The number of hydrogen-bond donors (Lipinski definition) is 1. The van der Waals surface area contributed by atoms with Gasteiger partial charge >= 0.3 is 0 Å². The number of amides is 2. The van der Waals surface area contributed by atoms with Crippen molar-refractivity contribution < 1.29 is 9.59 Å². The van der Waals surface area contributed by atoms with Crippen LogP contribution in [-0.2, 0) is 4.79 Å². The van der Waals surface area contributed by atoms with Crippen molar-refractivity contribution in [3.8, 4) is 11.1 Å². The average Bonchev–Trinajstić information content (AvgIpc) is 3.28. The number of likely N-dealkylation sites (tertiary alicyclic amines) is 1. The zero-order valence-electron chi connectivity index (χ0n) is 15.6. The molecular formula is C21H19ClN2O2S2. The van der Waals surface area contributed by atoms with Crippen molar-refractivity contribution in [1.82, 2.24) is 10.2 Å². The highest BCUT2D eigenvalue weighted by atomic mass is 35.5. The maximum absolute atomic E-state index is 13.0. The molecule has 0 bridgehead atoms. The molecule has 144 valence electrons. The molecule has 0 radical (unpaired) electrons. The predicted molar refractivity (Wildman–Crippen MR) is 116 cm³/mol. The maximum atomic E-state index is 13.0. The summed E-state index contributed by atoms with van der Waals surface area (Å²) in [4.78, 5) is 29.5. The van der Waals surface area contributed by atoms with Gasteiger partial charge in [-0.15, -0.1) is 22.7 Å². The van der Waals surface area contributed by atoms with Crippen molar-refractivity contribution in [2.45, 2.75) is 32.2 Å². The Balaban J connectivity index is 1.44. The standard InChI is InChI=1S/C21H19ClN2O2S2/c1-11-7-15(12(2)27-11)13-3-4-14-16(8-13)28-19(18(14)22)20(26)24-9-21(10-24)6-5-17(25)23-21/h3-4,7-8H,5-6,9-10H2,1-2H3,(H,23,25). The molecule has 2 aliphatic rings. The Morgan fingerprint density at radius 1 is 1.21 bits per heavy atom. The molecule has 0 unspecified atom stereocenters. The summed E-state index contributed by atoms with van der Waals surface area (Å²) in [7, 11) is 0. The molecule has 0 atom stereocenters. The van der Waals surface area contributed by atoms with E-state index in [1.807, 2.05) is 6.07 Å². The summed E-state index contributed by atoms with van der Waals surface area (Å²) in [5.74, 6) is 0.0422. The lowest BCUT2D eigenvalue weighted by Gasteiger charge is -2.47. The first-order valence-electron chi connectivity index (χ1n) is 9.25. The Labute approximate surface area is 176 Å². The molecule has 4 heterocycles. The molecule has 2 saturated heterocycles. The van der Waals surface area contributed by atoms with E-state index in [9.17, 15) is 9.59 Å². The van der Waals surface area contributed by atoms with Gasteiger partial charge in [-0.3, -0.25) is 9.59 Å².